The van der Waals surface area contributed by atoms with Gasteiger partial charge in [-0.3, -0.25) is 9.48 Å². The second-order valence-corrected chi connectivity index (χ2v) is 8.02. The first kappa shape index (κ1) is 22.3. The molecule has 0 aliphatic heterocycles. The number of nitrogens with one attached hydrogen (secondary N) is 2. The van der Waals surface area contributed by atoms with E-state index in [1.807, 2.05) is 13.0 Å². The molecule has 4 aromatic rings. The van der Waals surface area contributed by atoms with Crippen LogP contribution >= 0.6 is 11.3 Å². The van der Waals surface area contributed by atoms with Gasteiger partial charge in [0.25, 0.3) is 5.91 Å². The van der Waals surface area contributed by atoms with Crippen molar-refractivity contribution in [3.8, 4) is 10.4 Å². The van der Waals surface area contributed by atoms with E-state index in [1.54, 1.807) is 30.1 Å². The minimum Gasteiger partial charge on any atom is -0.343 e. The van der Waals surface area contributed by atoms with Crippen LogP contribution in [-0.2, 0) is 19.8 Å². The molecule has 0 atom stereocenters. The summed E-state index contributed by atoms with van der Waals surface area (Å²) in [7, 11) is 1.73. The fourth-order valence-corrected chi connectivity index (χ4v) is 3.75. The molecule has 0 aliphatic carbocycles. The van der Waals surface area contributed by atoms with E-state index in [0.717, 1.165) is 28.3 Å². The van der Waals surface area contributed by atoms with E-state index in [1.165, 1.54) is 17.7 Å². The molecule has 9 nitrogen and oxygen atoms in total. The number of hydrogen-bond donors (Lipinski definition) is 2. The highest BCUT2D eigenvalue weighted by molar-refractivity contribution is 7.17. The number of thiazole rings is 1. The topological polar surface area (TPSA) is 111 Å². The van der Waals surface area contributed by atoms with Gasteiger partial charge >= 0.3 is 6.18 Å². The molecule has 4 rings (SSSR count). The number of carbonyl (C=O) groups is 1. The van der Waals surface area contributed by atoms with Crippen LogP contribution in [0.4, 0.5) is 24.8 Å². The summed E-state index contributed by atoms with van der Waals surface area (Å²) in [6.07, 6.45) is -0.550. The van der Waals surface area contributed by atoms with Crippen LogP contribution in [-0.4, -0.2) is 35.6 Å². The van der Waals surface area contributed by atoms with Gasteiger partial charge in [-0.2, -0.15) is 18.3 Å². The van der Waals surface area contributed by atoms with Gasteiger partial charge < -0.3 is 10.6 Å². The van der Waals surface area contributed by atoms with E-state index in [0.29, 0.717) is 11.5 Å². The summed E-state index contributed by atoms with van der Waals surface area (Å²) in [4.78, 5) is 28.8. The molecule has 0 saturated carbocycles. The molecular weight excluding hydrogens is 457 g/mol. The summed E-state index contributed by atoms with van der Waals surface area (Å²) in [6, 6.07) is 6.17. The van der Waals surface area contributed by atoms with Crippen molar-refractivity contribution in [2.24, 2.45) is 7.05 Å². The second-order valence-electron chi connectivity index (χ2n) is 6.99. The van der Waals surface area contributed by atoms with Gasteiger partial charge in [0.15, 0.2) is 5.01 Å². The predicted molar refractivity (Wildman–Crippen MR) is 115 cm³/mol. The van der Waals surface area contributed by atoms with Crippen LogP contribution in [0.3, 0.4) is 0 Å². The number of aromatic nitrogens is 6. The zero-order valence-electron chi connectivity index (χ0n) is 17.4. The standard InChI is InChI=1S/C20H17F3N8OS/c1-11-5-12(7-13(6-11)29-19-24-4-3-15(30-19)20(21,22)23)14-8-26-18(33-14)17(32)25-9-16-27-10-28-31(16)2/h3-8,10H,9H2,1-2H3,(H,25,32)(H,24,29,30). The Hall–Kier alpha value is -3.87. The fraction of sp³-hybridized carbons (Fsp3) is 0.200. The Morgan fingerprint density at radius 2 is 2.00 bits per heavy atom. The number of carbonyl (C=O) groups excluding carboxylic acids is 1. The van der Waals surface area contributed by atoms with Crippen LogP contribution in [0.25, 0.3) is 10.4 Å². The molecule has 1 amide bonds. The molecule has 13 heteroatoms. The number of aryl methyl sites for hydroxylation is 2. The molecule has 2 N–H and O–H groups in total. The first-order valence-corrected chi connectivity index (χ1v) is 10.4. The third-order valence-corrected chi connectivity index (χ3v) is 5.52. The molecule has 33 heavy (non-hydrogen) atoms. The molecule has 3 heterocycles. The van der Waals surface area contributed by atoms with Gasteiger partial charge in [0.1, 0.15) is 17.8 Å². The maximum absolute atomic E-state index is 12.9. The predicted octanol–water partition coefficient (Wildman–Crippen LogP) is 3.73. The van der Waals surface area contributed by atoms with Gasteiger partial charge in [0.05, 0.1) is 11.4 Å². The second kappa shape index (κ2) is 8.94. The smallest absolute Gasteiger partial charge is 0.343 e. The van der Waals surface area contributed by atoms with Crippen LogP contribution < -0.4 is 10.6 Å². The van der Waals surface area contributed by atoms with Crippen molar-refractivity contribution in [1.82, 2.24) is 35.0 Å². The van der Waals surface area contributed by atoms with Gasteiger partial charge in [0, 0.05) is 25.1 Å². The van der Waals surface area contributed by atoms with Crippen LogP contribution in [0.5, 0.6) is 0 Å². The lowest BCUT2D eigenvalue weighted by Gasteiger charge is -2.10. The highest BCUT2D eigenvalue weighted by Crippen LogP contribution is 2.31. The molecule has 0 unspecified atom stereocenters. The molecule has 0 aliphatic rings. The van der Waals surface area contributed by atoms with Crippen LogP contribution in [0, 0.1) is 6.92 Å². The Balaban J connectivity index is 1.51. The Morgan fingerprint density at radius 1 is 1.18 bits per heavy atom. The van der Waals surface area contributed by atoms with Crippen LogP contribution in [0.1, 0.15) is 26.9 Å². The van der Waals surface area contributed by atoms with E-state index in [4.69, 9.17) is 0 Å². The Morgan fingerprint density at radius 3 is 2.73 bits per heavy atom. The average Bonchev–Trinajstić information content (AvgIpc) is 3.40. The van der Waals surface area contributed by atoms with Crippen molar-refractivity contribution in [2.75, 3.05) is 5.32 Å². The van der Waals surface area contributed by atoms with Gasteiger partial charge in [-0.15, -0.1) is 11.3 Å². The fourth-order valence-electron chi connectivity index (χ4n) is 2.93. The lowest BCUT2D eigenvalue weighted by Crippen LogP contribution is -2.24. The zero-order valence-corrected chi connectivity index (χ0v) is 18.2. The largest absolute Gasteiger partial charge is 0.433 e. The molecule has 0 radical (unpaired) electrons. The van der Waals surface area contributed by atoms with Crippen molar-refractivity contribution >= 4 is 28.9 Å². The molecule has 0 spiro atoms. The molecule has 3 aromatic heterocycles. The first-order chi connectivity index (χ1) is 15.7. The lowest BCUT2D eigenvalue weighted by molar-refractivity contribution is -0.141. The lowest BCUT2D eigenvalue weighted by atomic mass is 10.1. The molecule has 170 valence electrons. The van der Waals surface area contributed by atoms with Gasteiger partial charge in [0.2, 0.25) is 5.95 Å². The highest BCUT2D eigenvalue weighted by atomic mass is 32.1. The molecule has 0 bridgehead atoms. The summed E-state index contributed by atoms with van der Waals surface area (Å²) in [6.45, 7) is 2.05. The quantitative estimate of drug-likeness (QED) is 0.438. The molecule has 0 fully saturated rings. The van der Waals surface area contributed by atoms with E-state index in [-0.39, 0.29) is 23.4 Å². The average molecular weight is 474 g/mol. The maximum atomic E-state index is 12.9. The van der Waals surface area contributed by atoms with Crippen LogP contribution in [0.2, 0.25) is 0 Å². The third kappa shape index (κ3) is 5.31. The SMILES string of the molecule is Cc1cc(Nc2nccc(C(F)(F)F)n2)cc(-c2cnc(C(=O)NCc3ncnn3C)s2)c1. The zero-order chi connectivity index (χ0) is 23.6. The summed E-state index contributed by atoms with van der Waals surface area (Å²) in [5.41, 5.74) is 1.07. The minimum atomic E-state index is -4.57. The van der Waals surface area contributed by atoms with Crippen molar-refractivity contribution in [2.45, 2.75) is 19.6 Å². The number of hydrogen-bond acceptors (Lipinski definition) is 8. The van der Waals surface area contributed by atoms with E-state index < -0.39 is 11.9 Å². The van der Waals surface area contributed by atoms with E-state index in [2.05, 4.69) is 35.7 Å². The first-order valence-electron chi connectivity index (χ1n) is 9.55. The van der Waals surface area contributed by atoms with Crippen molar-refractivity contribution < 1.29 is 18.0 Å². The molecule has 0 saturated heterocycles. The summed E-state index contributed by atoms with van der Waals surface area (Å²) in [5.74, 6) is 0.0819. The summed E-state index contributed by atoms with van der Waals surface area (Å²) in [5, 5.41) is 9.76. The number of anilines is 2. The minimum absolute atomic E-state index is 0.172. The maximum Gasteiger partial charge on any atom is 0.433 e. The monoisotopic (exact) mass is 474 g/mol. The third-order valence-electron chi connectivity index (χ3n) is 4.48. The van der Waals surface area contributed by atoms with Crippen LogP contribution in [0.15, 0.2) is 43.0 Å². The number of halogens is 3. The summed E-state index contributed by atoms with van der Waals surface area (Å²) < 4.78 is 40.3. The number of nitrogens with zero attached hydrogens (tertiary/aromatic N) is 6. The van der Waals surface area contributed by atoms with Crippen molar-refractivity contribution in [1.29, 1.82) is 0 Å². The molecule has 1 aromatic carbocycles. The Labute approximate surface area is 189 Å². The number of amides is 1. The van der Waals surface area contributed by atoms with E-state index in [9.17, 15) is 18.0 Å². The Bertz CT molecular complexity index is 1300. The van der Waals surface area contributed by atoms with E-state index >= 15 is 0 Å². The molecular formula is C20H17F3N8OS. The number of rotatable bonds is 6. The van der Waals surface area contributed by atoms with Gasteiger partial charge in [-0.05, 0) is 36.2 Å². The van der Waals surface area contributed by atoms with Crippen molar-refractivity contribution in [3.63, 3.8) is 0 Å². The van der Waals surface area contributed by atoms with Gasteiger partial charge in [-0.25, -0.2) is 19.9 Å². The normalized spacial score (nSPS) is 11.4. The highest BCUT2D eigenvalue weighted by Gasteiger charge is 2.32. The van der Waals surface area contributed by atoms with Gasteiger partial charge in [-0.1, -0.05) is 6.07 Å². The Kier molecular flexibility index (Phi) is 6.05. The van der Waals surface area contributed by atoms with Crippen molar-refractivity contribution in [3.05, 3.63) is 65.1 Å². The summed E-state index contributed by atoms with van der Waals surface area (Å²) >= 11 is 1.19. The number of benzene rings is 1. The number of alkyl halides is 3.